The van der Waals surface area contributed by atoms with Crippen LogP contribution in [0.1, 0.15) is 46.0 Å². The summed E-state index contributed by atoms with van der Waals surface area (Å²) < 4.78 is 0. The quantitative estimate of drug-likeness (QED) is 0.806. The second-order valence-corrected chi connectivity index (χ2v) is 5.43. The van der Waals surface area contributed by atoms with Gasteiger partial charge in [0.2, 0.25) is 0 Å². The molecule has 1 aromatic rings. The Hall–Kier alpha value is -1.18. The second-order valence-electron chi connectivity index (χ2n) is 5.43. The highest BCUT2D eigenvalue weighted by Crippen LogP contribution is 2.24. The Morgan fingerprint density at radius 2 is 2.06 bits per heavy atom. The Labute approximate surface area is 111 Å². The van der Waals surface area contributed by atoms with E-state index in [1.54, 1.807) is 0 Å². The summed E-state index contributed by atoms with van der Waals surface area (Å²) in [7, 11) is 0. The molecule has 0 amide bonds. The van der Waals surface area contributed by atoms with Crippen LogP contribution in [0.15, 0.2) is 24.3 Å². The van der Waals surface area contributed by atoms with Crippen LogP contribution in [-0.2, 0) is 0 Å². The highest BCUT2D eigenvalue weighted by Gasteiger charge is 2.12. The van der Waals surface area contributed by atoms with Crippen molar-refractivity contribution >= 4 is 11.4 Å². The van der Waals surface area contributed by atoms with E-state index in [2.05, 4.69) is 48.3 Å². The van der Waals surface area contributed by atoms with Gasteiger partial charge in [-0.1, -0.05) is 25.8 Å². The van der Waals surface area contributed by atoms with Gasteiger partial charge in [-0.25, -0.2) is 0 Å². The second kappa shape index (κ2) is 6.67. The summed E-state index contributed by atoms with van der Waals surface area (Å²) in [6.45, 7) is 6.96. The van der Waals surface area contributed by atoms with Gasteiger partial charge in [0.15, 0.2) is 0 Å². The minimum Gasteiger partial charge on any atom is -0.383 e. The molecule has 2 nitrogen and oxygen atoms in total. The van der Waals surface area contributed by atoms with Gasteiger partial charge in [-0.3, -0.25) is 0 Å². The minimum absolute atomic E-state index is 0.568. The minimum atomic E-state index is 0.568. The predicted octanol–water partition coefficient (Wildman–Crippen LogP) is 4.28. The van der Waals surface area contributed by atoms with Gasteiger partial charge in [0, 0.05) is 30.5 Å². The summed E-state index contributed by atoms with van der Waals surface area (Å²) in [5, 5.41) is 3.61. The molecule has 0 spiro atoms. The van der Waals surface area contributed by atoms with Gasteiger partial charge in [-0.15, -0.1) is 0 Å². The van der Waals surface area contributed by atoms with E-state index in [9.17, 15) is 0 Å². The summed E-state index contributed by atoms with van der Waals surface area (Å²) in [4.78, 5) is 2.49. The number of hydrogen-bond donors (Lipinski definition) is 1. The molecule has 1 fully saturated rings. The van der Waals surface area contributed by atoms with Crippen LogP contribution in [0.25, 0.3) is 0 Å². The Balaban J connectivity index is 1.94. The maximum absolute atomic E-state index is 3.61. The highest BCUT2D eigenvalue weighted by molar-refractivity contribution is 5.58. The molecule has 0 aromatic heterocycles. The fraction of sp³-hybridized carbons (Fsp3) is 0.625. The van der Waals surface area contributed by atoms with E-state index in [1.165, 1.54) is 56.6 Å². The average Bonchev–Trinajstić information content (AvgIpc) is 2.90. The molecule has 100 valence electrons. The fourth-order valence-electron chi connectivity index (χ4n) is 2.63. The Morgan fingerprint density at radius 3 is 2.78 bits per heavy atom. The molecular weight excluding hydrogens is 220 g/mol. The highest BCUT2D eigenvalue weighted by atomic mass is 15.1. The number of hydrogen-bond acceptors (Lipinski definition) is 2. The number of rotatable bonds is 6. The van der Waals surface area contributed by atoms with Gasteiger partial charge in [0.25, 0.3) is 0 Å². The molecule has 18 heavy (non-hydrogen) atoms. The van der Waals surface area contributed by atoms with Crippen LogP contribution >= 0.6 is 0 Å². The van der Waals surface area contributed by atoms with Crippen molar-refractivity contribution in [3.63, 3.8) is 0 Å². The molecule has 0 aliphatic carbocycles. The van der Waals surface area contributed by atoms with E-state index < -0.39 is 0 Å². The number of anilines is 2. The zero-order valence-corrected chi connectivity index (χ0v) is 11.8. The van der Waals surface area contributed by atoms with Crippen LogP contribution in [0, 0.1) is 0 Å². The molecule has 1 aliphatic rings. The van der Waals surface area contributed by atoms with Crippen LogP contribution < -0.4 is 10.2 Å². The van der Waals surface area contributed by atoms with Crippen LogP contribution in [0.5, 0.6) is 0 Å². The molecule has 1 unspecified atom stereocenters. The summed E-state index contributed by atoms with van der Waals surface area (Å²) in [5.74, 6) is 0. The van der Waals surface area contributed by atoms with Crippen molar-refractivity contribution in [2.24, 2.45) is 0 Å². The van der Waals surface area contributed by atoms with Crippen LogP contribution in [0.4, 0.5) is 11.4 Å². The first-order valence-electron chi connectivity index (χ1n) is 7.41. The molecule has 0 saturated carbocycles. The lowest BCUT2D eigenvalue weighted by Crippen LogP contribution is -2.18. The lowest BCUT2D eigenvalue weighted by Gasteiger charge is -2.20. The lowest BCUT2D eigenvalue weighted by atomic mass is 10.1. The SMILES string of the molecule is CCCCC(C)Nc1cccc(N2CCCC2)c1. The van der Waals surface area contributed by atoms with Crippen molar-refractivity contribution in [3.8, 4) is 0 Å². The van der Waals surface area contributed by atoms with Gasteiger partial charge in [-0.05, 0) is 44.4 Å². The molecular formula is C16H26N2. The number of nitrogens with zero attached hydrogens (tertiary/aromatic N) is 1. The Kier molecular flexibility index (Phi) is 4.91. The van der Waals surface area contributed by atoms with Crippen LogP contribution in [0.2, 0.25) is 0 Å². The smallest absolute Gasteiger partial charge is 0.0386 e. The van der Waals surface area contributed by atoms with Gasteiger partial charge < -0.3 is 10.2 Å². The number of nitrogens with one attached hydrogen (secondary N) is 1. The normalized spacial score (nSPS) is 16.9. The molecule has 1 heterocycles. The molecule has 1 N–H and O–H groups in total. The molecule has 2 heteroatoms. The monoisotopic (exact) mass is 246 g/mol. The third-order valence-electron chi connectivity index (χ3n) is 3.72. The summed E-state index contributed by atoms with van der Waals surface area (Å²) in [6.07, 6.45) is 6.51. The third kappa shape index (κ3) is 3.66. The van der Waals surface area contributed by atoms with Gasteiger partial charge >= 0.3 is 0 Å². The zero-order valence-electron chi connectivity index (χ0n) is 11.8. The summed E-state index contributed by atoms with van der Waals surface area (Å²) in [6, 6.07) is 9.45. The topological polar surface area (TPSA) is 15.3 Å². The summed E-state index contributed by atoms with van der Waals surface area (Å²) in [5.41, 5.74) is 2.64. The van der Waals surface area contributed by atoms with Gasteiger partial charge in [0.05, 0.1) is 0 Å². The first-order chi connectivity index (χ1) is 8.79. The van der Waals surface area contributed by atoms with Crippen LogP contribution in [0.3, 0.4) is 0 Å². The Bertz CT molecular complexity index is 356. The van der Waals surface area contributed by atoms with Crippen molar-refractivity contribution < 1.29 is 0 Å². The zero-order chi connectivity index (χ0) is 12.8. The van der Waals surface area contributed by atoms with Gasteiger partial charge in [0.1, 0.15) is 0 Å². The standard InChI is InChI=1S/C16H26N2/c1-3-4-8-14(2)17-15-9-7-10-16(13-15)18-11-5-6-12-18/h7,9-10,13-14,17H,3-6,8,11-12H2,1-2H3. The number of benzene rings is 1. The van der Waals surface area contributed by atoms with Crippen molar-refractivity contribution in [1.82, 2.24) is 0 Å². The largest absolute Gasteiger partial charge is 0.383 e. The van der Waals surface area contributed by atoms with Crippen molar-refractivity contribution in [2.75, 3.05) is 23.3 Å². The van der Waals surface area contributed by atoms with E-state index in [4.69, 9.17) is 0 Å². The summed E-state index contributed by atoms with van der Waals surface area (Å²) >= 11 is 0. The lowest BCUT2D eigenvalue weighted by molar-refractivity contribution is 0.645. The van der Waals surface area contributed by atoms with E-state index in [0.29, 0.717) is 6.04 Å². The molecule has 0 bridgehead atoms. The van der Waals surface area contributed by atoms with Crippen molar-refractivity contribution in [3.05, 3.63) is 24.3 Å². The number of unbranched alkanes of at least 4 members (excludes halogenated alkanes) is 1. The molecule has 0 radical (unpaired) electrons. The van der Waals surface area contributed by atoms with E-state index in [1.807, 2.05) is 0 Å². The fourth-order valence-corrected chi connectivity index (χ4v) is 2.63. The van der Waals surface area contributed by atoms with Crippen molar-refractivity contribution in [2.45, 2.75) is 52.0 Å². The molecule has 1 aliphatic heterocycles. The maximum atomic E-state index is 3.61. The Morgan fingerprint density at radius 1 is 1.28 bits per heavy atom. The third-order valence-corrected chi connectivity index (χ3v) is 3.72. The maximum Gasteiger partial charge on any atom is 0.0386 e. The molecule has 2 rings (SSSR count). The predicted molar refractivity (Wildman–Crippen MR) is 80.5 cm³/mol. The van der Waals surface area contributed by atoms with Gasteiger partial charge in [-0.2, -0.15) is 0 Å². The van der Waals surface area contributed by atoms with Crippen LogP contribution in [-0.4, -0.2) is 19.1 Å². The first-order valence-corrected chi connectivity index (χ1v) is 7.41. The van der Waals surface area contributed by atoms with E-state index in [0.717, 1.165) is 0 Å². The first kappa shape index (κ1) is 13.3. The van der Waals surface area contributed by atoms with Crippen molar-refractivity contribution in [1.29, 1.82) is 0 Å². The van der Waals surface area contributed by atoms with E-state index >= 15 is 0 Å². The molecule has 1 atom stereocenters. The molecule has 1 aromatic carbocycles. The molecule has 1 saturated heterocycles. The van der Waals surface area contributed by atoms with E-state index in [-0.39, 0.29) is 0 Å². The average molecular weight is 246 g/mol.